The smallest absolute Gasteiger partial charge is 0.387 e. The van der Waals surface area contributed by atoms with Gasteiger partial charge < -0.3 is 19.5 Å². The summed E-state index contributed by atoms with van der Waals surface area (Å²) in [5, 5.41) is 7.19. The normalized spacial score (nSPS) is 12.3. The molecule has 0 aliphatic carbocycles. The van der Waals surface area contributed by atoms with E-state index in [9.17, 15) is 8.78 Å². The van der Waals surface area contributed by atoms with Gasteiger partial charge in [0.1, 0.15) is 0 Å². The maximum atomic E-state index is 12.4. The summed E-state index contributed by atoms with van der Waals surface area (Å²) in [7, 11) is 2.91. The molecular formula is C14H18ClF2N3O3S. The zero-order chi connectivity index (χ0) is 18.1. The zero-order valence-electron chi connectivity index (χ0n) is 13.3. The second-order valence-corrected chi connectivity index (χ2v) is 5.43. The number of nitrogens with zero attached hydrogens (tertiary/aromatic N) is 1. The van der Waals surface area contributed by atoms with E-state index < -0.39 is 6.61 Å². The summed E-state index contributed by atoms with van der Waals surface area (Å²) < 4.78 is 39.0. The lowest BCUT2D eigenvalue weighted by Gasteiger charge is -2.14. The van der Waals surface area contributed by atoms with Gasteiger partial charge in [-0.25, -0.2) is 0 Å². The average Bonchev–Trinajstić information content (AvgIpc) is 2.49. The van der Waals surface area contributed by atoms with E-state index >= 15 is 0 Å². The van der Waals surface area contributed by atoms with Crippen LogP contribution in [-0.4, -0.2) is 44.8 Å². The first kappa shape index (κ1) is 20.3. The first-order valence-electron chi connectivity index (χ1n) is 6.78. The van der Waals surface area contributed by atoms with Crippen molar-refractivity contribution in [2.24, 2.45) is 5.10 Å². The SMILES string of the molecule is COC[C@H](C)NC(=S)N/N=C\c1cc(Cl)c(OC(F)F)c(OC)c1. The summed E-state index contributed by atoms with van der Waals surface area (Å²) in [5.74, 6) is -0.163. The molecule has 24 heavy (non-hydrogen) atoms. The topological polar surface area (TPSA) is 64.1 Å². The lowest BCUT2D eigenvalue weighted by molar-refractivity contribution is -0.0511. The number of hydrogen-bond donors (Lipinski definition) is 2. The van der Waals surface area contributed by atoms with Crippen LogP contribution in [0, 0.1) is 0 Å². The third-order valence-corrected chi connectivity index (χ3v) is 3.12. The minimum absolute atomic E-state index is 0.0190. The fraction of sp³-hybridized carbons (Fsp3) is 0.429. The molecule has 0 saturated carbocycles. The molecule has 10 heteroatoms. The van der Waals surface area contributed by atoms with Gasteiger partial charge in [-0.15, -0.1) is 0 Å². The fourth-order valence-corrected chi connectivity index (χ4v) is 2.25. The van der Waals surface area contributed by atoms with Crippen LogP contribution in [0.5, 0.6) is 11.5 Å². The van der Waals surface area contributed by atoms with Crippen LogP contribution >= 0.6 is 23.8 Å². The van der Waals surface area contributed by atoms with E-state index in [0.29, 0.717) is 17.3 Å². The van der Waals surface area contributed by atoms with E-state index in [4.69, 9.17) is 33.3 Å². The Morgan fingerprint density at radius 2 is 2.12 bits per heavy atom. The molecule has 134 valence electrons. The molecule has 1 aromatic rings. The third-order valence-electron chi connectivity index (χ3n) is 2.63. The molecule has 2 N–H and O–H groups in total. The first-order chi connectivity index (χ1) is 11.4. The number of hydrazone groups is 1. The number of ether oxygens (including phenoxy) is 3. The lowest BCUT2D eigenvalue weighted by atomic mass is 10.2. The van der Waals surface area contributed by atoms with Crippen molar-refractivity contribution >= 4 is 35.1 Å². The van der Waals surface area contributed by atoms with Crippen LogP contribution < -0.4 is 20.2 Å². The van der Waals surface area contributed by atoms with Crippen molar-refractivity contribution in [1.29, 1.82) is 0 Å². The van der Waals surface area contributed by atoms with Crippen LogP contribution in [0.15, 0.2) is 17.2 Å². The van der Waals surface area contributed by atoms with Crippen molar-refractivity contribution in [3.63, 3.8) is 0 Å². The van der Waals surface area contributed by atoms with Gasteiger partial charge in [-0.05, 0) is 36.8 Å². The summed E-state index contributed by atoms with van der Waals surface area (Å²) in [5.41, 5.74) is 3.14. The molecule has 1 atom stereocenters. The van der Waals surface area contributed by atoms with Gasteiger partial charge in [-0.2, -0.15) is 13.9 Å². The summed E-state index contributed by atoms with van der Waals surface area (Å²) >= 11 is 11.0. The number of methoxy groups -OCH3 is 2. The molecule has 0 radical (unpaired) electrons. The van der Waals surface area contributed by atoms with Crippen molar-refractivity contribution in [2.75, 3.05) is 20.8 Å². The standard InChI is InChI=1S/C14H18ClF2N3O3S/c1-8(7-21-2)19-14(24)20-18-6-9-4-10(15)12(23-13(16)17)11(5-9)22-3/h4-6,8,13H,7H2,1-3H3,(H2,19,20,24)/b18-6-/t8-/m0/s1. The number of alkyl halides is 2. The van der Waals surface area contributed by atoms with E-state index in [1.807, 2.05) is 6.92 Å². The van der Waals surface area contributed by atoms with Gasteiger partial charge >= 0.3 is 6.61 Å². The van der Waals surface area contributed by atoms with Gasteiger partial charge in [0.05, 0.1) is 25.0 Å². The van der Waals surface area contributed by atoms with Gasteiger partial charge in [0.25, 0.3) is 0 Å². The van der Waals surface area contributed by atoms with Crippen molar-refractivity contribution in [3.8, 4) is 11.5 Å². The summed E-state index contributed by atoms with van der Waals surface area (Å²) in [4.78, 5) is 0. The van der Waals surface area contributed by atoms with E-state index in [-0.39, 0.29) is 22.6 Å². The molecule has 0 bridgehead atoms. The van der Waals surface area contributed by atoms with Gasteiger partial charge in [0.2, 0.25) is 0 Å². The first-order valence-corrected chi connectivity index (χ1v) is 7.56. The number of halogens is 3. The molecule has 0 saturated heterocycles. The molecule has 0 aliphatic heterocycles. The van der Waals surface area contributed by atoms with Crippen LogP contribution in [0.3, 0.4) is 0 Å². The Kier molecular flexibility index (Phi) is 8.66. The predicted molar refractivity (Wildman–Crippen MR) is 92.4 cm³/mol. The maximum absolute atomic E-state index is 12.4. The maximum Gasteiger partial charge on any atom is 0.387 e. The van der Waals surface area contributed by atoms with Crippen LogP contribution in [0.4, 0.5) is 8.78 Å². The van der Waals surface area contributed by atoms with Gasteiger partial charge in [0.15, 0.2) is 16.6 Å². The molecule has 0 spiro atoms. The Balaban J connectivity index is 2.74. The fourth-order valence-electron chi connectivity index (χ4n) is 1.73. The van der Waals surface area contributed by atoms with Crippen molar-refractivity contribution in [2.45, 2.75) is 19.6 Å². The zero-order valence-corrected chi connectivity index (χ0v) is 14.9. The molecule has 0 aromatic heterocycles. The van der Waals surface area contributed by atoms with Crippen LogP contribution in [0.1, 0.15) is 12.5 Å². The second kappa shape index (κ2) is 10.2. The number of rotatable bonds is 8. The molecular weight excluding hydrogens is 364 g/mol. The summed E-state index contributed by atoms with van der Waals surface area (Å²) in [6.07, 6.45) is 1.41. The van der Waals surface area contributed by atoms with Gasteiger partial charge in [-0.1, -0.05) is 11.6 Å². The number of benzene rings is 1. The van der Waals surface area contributed by atoms with Gasteiger partial charge in [0, 0.05) is 13.2 Å². The molecule has 0 fully saturated rings. The molecule has 0 aliphatic rings. The van der Waals surface area contributed by atoms with Crippen molar-refractivity contribution in [3.05, 3.63) is 22.7 Å². The Morgan fingerprint density at radius 3 is 2.71 bits per heavy atom. The molecule has 0 heterocycles. The number of thiocarbonyl (C=S) groups is 1. The molecule has 6 nitrogen and oxygen atoms in total. The van der Waals surface area contributed by atoms with Gasteiger partial charge in [-0.3, -0.25) is 5.43 Å². The highest BCUT2D eigenvalue weighted by molar-refractivity contribution is 7.80. The monoisotopic (exact) mass is 381 g/mol. The largest absolute Gasteiger partial charge is 0.493 e. The van der Waals surface area contributed by atoms with E-state index in [1.165, 1.54) is 25.5 Å². The Morgan fingerprint density at radius 1 is 1.42 bits per heavy atom. The molecule has 1 rings (SSSR count). The second-order valence-electron chi connectivity index (χ2n) is 4.61. The average molecular weight is 382 g/mol. The Bertz CT molecular complexity index is 591. The highest BCUT2D eigenvalue weighted by atomic mass is 35.5. The Labute approximate surface area is 149 Å². The van der Waals surface area contributed by atoms with Crippen LogP contribution in [-0.2, 0) is 4.74 Å². The minimum Gasteiger partial charge on any atom is -0.493 e. The molecule has 1 aromatic carbocycles. The van der Waals surface area contributed by atoms with Crippen molar-refractivity contribution in [1.82, 2.24) is 10.7 Å². The molecule has 0 unspecified atom stereocenters. The van der Waals surface area contributed by atoms with E-state index in [0.717, 1.165) is 0 Å². The van der Waals surface area contributed by atoms with E-state index in [2.05, 4.69) is 20.6 Å². The number of nitrogens with one attached hydrogen (secondary N) is 2. The predicted octanol–water partition coefficient (Wildman–Crippen LogP) is 2.78. The lowest BCUT2D eigenvalue weighted by Crippen LogP contribution is -2.40. The number of hydrogen-bond acceptors (Lipinski definition) is 5. The highest BCUT2D eigenvalue weighted by Gasteiger charge is 2.15. The molecule has 0 amide bonds. The minimum atomic E-state index is -3.00. The third kappa shape index (κ3) is 6.81. The Hall–Kier alpha value is -1.71. The summed E-state index contributed by atoms with van der Waals surface area (Å²) in [6, 6.07) is 2.89. The summed E-state index contributed by atoms with van der Waals surface area (Å²) in [6.45, 7) is -0.618. The quantitative estimate of drug-likeness (QED) is 0.410. The van der Waals surface area contributed by atoms with Crippen molar-refractivity contribution < 1.29 is 23.0 Å². The van der Waals surface area contributed by atoms with E-state index in [1.54, 1.807) is 7.11 Å². The van der Waals surface area contributed by atoms with Crippen LogP contribution in [0.25, 0.3) is 0 Å². The van der Waals surface area contributed by atoms with Crippen LogP contribution in [0.2, 0.25) is 5.02 Å². The highest BCUT2D eigenvalue weighted by Crippen LogP contribution is 2.37.